The number of nitrogens with one attached hydrogen (secondary N) is 2. The predicted octanol–water partition coefficient (Wildman–Crippen LogP) is 3.39. The third kappa shape index (κ3) is 4.17. The minimum absolute atomic E-state index is 0.857. The van der Waals surface area contributed by atoms with E-state index in [4.69, 9.17) is 0 Å². The van der Waals surface area contributed by atoms with E-state index in [2.05, 4.69) is 28.5 Å². The number of hydrogen-bond donors (Lipinski definition) is 2. The van der Waals surface area contributed by atoms with Gasteiger partial charge in [-0.3, -0.25) is 0 Å². The van der Waals surface area contributed by atoms with E-state index >= 15 is 0 Å². The van der Waals surface area contributed by atoms with E-state index in [9.17, 15) is 0 Å². The van der Waals surface area contributed by atoms with E-state index in [-0.39, 0.29) is 0 Å². The van der Waals surface area contributed by atoms with Crippen LogP contribution in [-0.2, 0) is 0 Å². The van der Waals surface area contributed by atoms with Crippen LogP contribution in [0.15, 0.2) is 54.6 Å². The van der Waals surface area contributed by atoms with Crippen LogP contribution in [0.3, 0.4) is 0 Å². The van der Waals surface area contributed by atoms with Crippen molar-refractivity contribution in [2.75, 3.05) is 18.9 Å². The number of rotatable bonds is 4. The van der Waals surface area contributed by atoms with Gasteiger partial charge >= 0.3 is 0 Å². The molecule has 0 aromatic heterocycles. The highest BCUT2D eigenvalue weighted by atomic mass is 14.9. The molecule has 0 saturated heterocycles. The number of anilines is 2. The minimum atomic E-state index is 0.857. The Kier molecular flexibility index (Phi) is 5.04. The molecular weight excluding hydrogens is 232 g/mol. The molecule has 0 saturated carbocycles. The van der Waals surface area contributed by atoms with Gasteiger partial charge in [0, 0.05) is 24.2 Å². The molecule has 0 amide bonds. The van der Waals surface area contributed by atoms with E-state index in [1.165, 1.54) is 0 Å². The Hall–Kier alpha value is -2.24. The van der Waals surface area contributed by atoms with Crippen LogP contribution in [0, 0.1) is 11.8 Å². The van der Waals surface area contributed by atoms with Gasteiger partial charge in [0.25, 0.3) is 0 Å². The molecule has 0 radical (unpaired) electrons. The quantitative estimate of drug-likeness (QED) is 0.642. The smallest absolute Gasteiger partial charge is 0.0543 e. The normalized spacial score (nSPS) is 9.53. The van der Waals surface area contributed by atoms with Gasteiger partial charge in [-0.15, -0.1) is 0 Å². The molecule has 19 heavy (non-hydrogen) atoms. The zero-order chi connectivity index (χ0) is 13.3. The third-order valence-corrected chi connectivity index (χ3v) is 2.70. The molecule has 0 bridgehead atoms. The summed E-state index contributed by atoms with van der Waals surface area (Å²) < 4.78 is 0. The second-order valence-electron chi connectivity index (χ2n) is 4.19. The van der Waals surface area contributed by atoms with Gasteiger partial charge in [-0.25, -0.2) is 0 Å². The maximum Gasteiger partial charge on any atom is 0.0543 e. The molecule has 2 aromatic rings. The summed E-state index contributed by atoms with van der Waals surface area (Å²) in [4.78, 5) is 0. The van der Waals surface area contributed by atoms with Crippen molar-refractivity contribution in [1.82, 2.24) is 5.32 Å². The Bertz CT molecular complexity index is 565. The van der Waals surface area contributed by atoms with Gasteiger partial charge in [0.15, 0.2) is 0 Å². The molecule has 96 valence electrons. The highest BCUT2D eigenvalue weighted by Crippen LogP contribution is 2.19. The standard InChI is InChI=1S/C17H18N2/c1-18-14-8-7-10-15-9-5-6-13-17(15)19-16-11-3-2-4-12-16/h2-6,9,11-13,18-19H,8,14H2,1H3. The maximum atomic E-state index is 3.40. The molecule has 2 nitrogen and oxygen atoms in total. The molecule has 0 aliphatic heterocycles. The lowest BCUT2D eigenvalue weighted by Gasteiger charge is -2.08. The van der Waals surface area contributed by atoms with Crippen LogP contribution < -0.4 is 10.6 Å². The first-order chi connectivity index (χ1) is 9.40. The van der Waals surface area contributed by atoms with Crippen molar-refractivity contribution in [3.05, 3.63) is 60.2 Å². The summed E-state index contributed by atoms with van der Waals surface area (Å²) in [5.74, 6) is 6.39. The largest absolute Gasteiger partial charge is 0.355 e. The third-order valence-electron chi connectivity index (χ3n) is 2.70. The second kappa shape index (κ2) is 7.25. The Morgan fingerprint density at radius 2 is 1.68 bits per heavy atom. The topological polar surface area (TPSA) is 24.1 Å². The molecule has 2 aromatic carbocycles. The van der Waals surface area contributed by atoms with Gasteiger partial charge < -0.3 is 10.6 Å². The molecule has 0 unspecified atom stereocenters. The van der Waals surface area contributed by atoms with Crippen molar-refractivity contribution in [1.29, 1.82) is 0 Å². The van der Waals surface area contributed by atoms with E-state index in [0.29, 0.717) is 0 Å². The summed E-state index contributed by atoms with van der Waals surface area (Å²) in [6.45, 7) is 0.918. The van der Waals surface area contributed by atoms with Gasteiger partial charge in [0.1, 0.15) is 0 Å². The van der Waals surface area contributed by atoms with E-state index in [1.54, 1.807) is 0 Å². The lowest BCUT2D eigenvalue weighted by molar-refractivity contribution is 0.818. The first-order valence-corrected chi connectivity index (χ1v) is 6.45. The summed E-state index contributed by atoms with van der Waals surface area (Å²) >= 11 is 0. The van der Waals surface area contributed by atoms with Crippen LogP contribution in [0.25, 0.3) is 0 Å². The maximum absolute atomic E-state index is 3.40. The fourth-order valence-corrected chi connectivity index (χ4v) is 1.72. The SMILES string of the molecule is CNCCC#Cc1ccccc1Nc1ccccc1. The fraction of sp³-hybridized carbons (Fsp3) is 0.176. The number of para-hydroxylation sites is 2. The lowest BCUT2D eigenvalue weighted by atomic mass is 10.1. The summed E-state index contributed by atoms with van der Waals surface area (Å²) in [6.07, 6.45) is 0.857. The van der Waals surface area contributed by atoms with Gasteiger partial charge in [0.05, 0.1) is 5.69 Å². The first-order valence-electron chi connectivity index (χ1n) is 6.45. The van der Waals surface area contributed by atoms with Crippen molar-refractivity contribution in [2.45, 2.75) is 6.42 Å². The summed E-state index contributed by atoms with van der Waals surface area (Å²) in [7, 11) is 1.94. The van der Waals surface area contributed by atoms with E-state index in [1.807, 2.05) is 55.6 Å². The monoisotopic (exact) mass is 250 g/mol. The second-order valence-corrected chi connectivity index (χ2v) is 4.19. The Morgan fingerprint density at radius 1 is 0.947 bits per heavy atom. The van der Waals surface area contributed by atoms with Gasteiger partial charge in [-0.2, -0.15) is 0 Å². The zero-order valence-electron chi connectivity index (χ0n) is 11.1. The Morgan fingerprint density at radius 3 is 2.47 bits per heavy atom. The van der Waals surface area contributed by atoms with Crippen LogP contribution in [0.2, 0.25) is 0 Å². The molecule has 0 heterocycles. The van der Waals surface area contributed by atoms with Gasteiger partial charge in [-0.05, 0) is 31.3 Å². The Balaban J connectivity index is 2.14. The van der Waals surface area contributed by atoms with Crippen molar-refractivity contribution < 1.29 is 0 Å². The highest BCUT2D eigenvalue weighted by Gasteiger charge is 1.98. The zero-order valence-corrected chi connectivity index (χ0v) is 11.1. The average molecular weight is 250 g/mol. The molecule has 0 spiro atoms. The summed E-state index contributed by atoms with van der Waals surface area (Å²) in [5.41, 5.74) is 3.15. The molecule has 2 heteroatoms. The van der Waals surface area contributed by atoms with E-state index in [0.717, 1.165) is 29.9 Å². The predicted molar refractivity (Wildman–Crippen MR) is 81.6 cm³/mol. The number of hydrogen-bond acceptors (Lipinski definition) is 2. The average Bonchev–Trinajstić information content (AvgIpc) is 2.46. The molecular formula is C17H18N2. The van der Waals surface area contributed by atoms with Crippen molar-refractivity contribution in [3.8, 4) is 11.8 Å². The van der Waals surface area contributed by atoms with E-state index < -0.39 is 0 Å². The molecule has 2 N–H and O–H groups in total. The van der Waals surface area contributed by atoms with Crippen molar-refractivity contribution in [3.63, 3.8) is 0 Å². The molecule has 0 atom stereocenters. The summed E-state index contributed by atoms with van der Waals surface area (Å²) in [6, 6.07) is 18.3. The molecule has 0 aliphatic rings. The molecule has 2 rings (SSSR count). The van der Waals surface area contributed by atoms with Gasteiger partial charge in [-0.1, -0.05) is 42.2 Å². The molecule has 0 aliphatic carbocycles. The highest BCUT2D eigenvalue weighted by molar-refractivity contribution is 5.67. The Labute approximate surface area is 114 Å². The van der Waals surface area contributed by atoms with Crippen LogP contribution in [-0.4, -0.2) is 13.6 Å². The first kappa shape index (κ1) is 13.2. The van der Waals surface area contributed by atoms with Crippen molar-refractivity contribution in [2.24, 2.45) is 0 Å². The fourth-order valence-electron chi connectivity index (χ4n) is 1.72. The molecule has 0 fully saturated rings. The van der Waals surface area contributed by atoms with Crippen LogP contribution in [0.5, 0.6) is 0 Å². The van der Waals surface area contributed by atoms with Crippen LogP contribution in [0.1, 0.15) is 12.0 Å². The van der Waals surface area contributed by atoms with Gasteiger partial charge in [0.2, 0.25) is 0 Å². The number of benzene rings is 2. The summed E-state index contributed by atoms with van der Waals surface area (Å²) in [5, 5.41) is 6.49. The minimum Gasteiger partial charge on any atom is -0.355 e. The lowest BCUT2D eigenvalue weighted by Crippen LogP contribution is -2.05. The van der Waals surface area contributed by atoms with Crippen LogP contribution in [0.4, 0.5) is 11.4 Å². The van der Waals surface area contributed by atoms with Crippen molar-refractivity contribution >= 4 is 11.4 Å². The van der Waals surface area contributed by atoms with Crippen LogP contribution >= 0.6 is 0 Å².